The molecule has 7 heteroatoms. The van der Waals surface area contributed by atoms with Crippen LogP contribution >= 0.6 is 0 Å². The summed E-state index contributed by atoms with van der Waals surface area (Å²) in [6, 6.07) is 0. The molecule has 0 saturated heterocycles. The van der Waals surface area contributed by atoms with Gasteiger partial charge in [-0.15, -0.1) is 10.2 Å². The summed E-state index contributed by atoms with van der Waals surface area (Å²) < 4.78 is 1.53. The van der Waals surface area contributed by atoms with Crippen molar-refractivity contribution in [3.8, 4) is 5.82 Å². The van der Waals surface area contributed by atoms with Gasteiger partial charge in [0.1, 0.15) is 18.3 Å². The highest BCUT2D eigenvalue weighted by atomic mass is 16.1. The van der Waals surface area contributed by atoms with E-state index in [-0.39, 0.29) is 5.69 Å². The van der Waals surface area contributed by atoms with Gasteiger partial charge in [-0.1, -0.05) is 0 Å². The number of nitrogens with two attached hydrogens (primary N) is 1. The predicted octanol–water partition coefficient (Wildman–Crippen LogP) is -0.844. The predicted molar refractivity (Wildman–Crippen MR) is 45.5 cm³/mol. The highest BCUT2D eigenvalue weighted by Crippen LogP contribution is 2.00. The number of aromatic nitrogens is 5. The molecular formula is C7H6N6O. The molecule has 7 nitrogen and oxygen atoms in total. The molecular weight excluding hydrogens is 184 g/mol. The third-order valence-electron chi connectivity index (χ3n) is 1.56. The summed E-state index contributed by atoms with van der Waals surface area (Å²) in [7, 11) is 0. The molecule has 0 aliphatic rings. The van der Waals surface area contributed by atoms with Crippen LogP contribution in [0.15, 0.2) is 25.0 Å². The van der Waals surface area contributed by atoms with Crippen LogP contribution in [0.3, 0.4) is 0 Å². The van der Waals surface area contributed by atoms with E-state index in [0.717, 1.165) is 0 Å². The number of nitrogens with zero attached hydrogens (tertiary/aromatic N) is 5. The molecule has 0 unspecified atom stereocenters. The summed E-state index contributed by atoms with van der Waals surface area (Å²) in [6.45, 7) is 0. The molecule has 2 aromatic heterocycles. The quantitative estimate of drug-likeness (QED) is 0.665. The second-order valence-electron chi connectivity index (χ2n) is 2.50. The third kappa shape index (κ3) is 1.42. The molecule has 0 spiro atoms. The van der Waals surface area contributed by atoms with Gasteiger partial charge in [0.15, 0.2) is 5.82 Å². The van der Waals surface area contributed by atoms with Crippen molar-refractivity contribution in [3.05, 3.63) is 30.7 Å². The van der Waals surface area contributed by atoms with E-state index in [1.54, 1.807) is 0 Å². The van der Waals surface area contributed by atoms with Crippen LogP contribution in [0.1, 0.15) is 10.5 Å². The second kappa shape index (κ2) is 3.21. The lowest BCUT2D eigenvalue weighted by molar-refractivity contribution is 0.0995. The zero-order valence-electron chi connectivity index (χ0n) is 7.03. The van der Waals surface area contributed by atoms with E-state index in [1.165, 1.54) is 29.6 Å². The average molecular weight is 190 g/mol. The fourth-order valence-corrected chi connectivity index (χ4v) is 0.918. The molecule has 70 valence electrons. The largest absolute Gasteiger partial charge is 0.364 e. The van der Waals surface area contributed by atoms with Crippen molar-refractivity contribution < 1.29 is 4.79 Å². The molecule has 0 aliphatic heterocycles. The van der Waals surface area contributed by atoms with Crippen LogP contribution in [0.25, 0.3) is 5.82 Å². The molecule has 2 heterocycles. The fraction of sp³-hybridized carbons (Fsp3) is 0. The number of rotatable bonds is 2. The number of carbonyl (C=O) groups excluding carboxylic acids is 1. The molecule has 0 aromatic carbocycles. The van der Waals surface area contributed by atoms with Crippen LogP contribution in [0.5, 0.6) is 0 Å². The van der Waals surface area contributed by atoms with E-state index in [0.29, 0.717) is 5.82 Å². The van der Waals surface area contributed by atoms with Gasteiger partial charge in [-0.25, -0.2) is 4.98 Å². The maximum atomic E-state index is 10.8. The normalized spacial score (nSPS) is 10.0. The highest BCUT2D eigenvalue weighted by molar-refractivity contribution is 5.90. The first-order valence-electron chi connectivity index (χ1n) is 3.74. The Morgan fingerprint density at radius 3 is 2.64 bits per heavy atom. The van der Waals surface area contributed by atoms with Crippen LogP contribution < -0.4 is 5.73 Å². The minimum atomic E-state index is -0.618. The maximum Gasteiger partial charge on any atom is 0.268 e. The first kappa shape index (κ1) is 8.30. The molecule has 1 amide bonds. The minimum Gasteiger partial charge on any atom is -0.364 e. The van der Waals surface area contributed by atoms with Crippen LogP contribution in [-0.4, -0.2) is 30.6 Å². The lowest BCUT2D eigenvalue weighted by Crippen LogP contribution is -2.14. The average Bonchev–Trinajstić information content (AvgIpc) is 2.71. The van der Waals surface area contributed by atoms with Crippen LogP contribution in [0, 0.1) is 0 Å². The molecule has 0 atom stereocenters. The SMILES string of the molecule is NC(=O)c1cncc(-n2cnnc2)n1. The van der Waals surface area contributed by atoms with E-state index in [4.69, 9.17) is 5.73 Å². The van der Waals surface area contributed by atoms with Crippen molar-refractivity contribution in [2.75, 3.05) is 0 Å². The molecule has 2 aromatic rings. The Hall–Kier alpha value is -2.31. The van der Waals surface area contributed by atoms with Crippen LogP contribution in [0.2, 0.25) is 0 Å². The molecule has 0 bridgehead atoms. The molecule has 0 fully saturated rings. The fourth-order valence-electron chi connectivity index (χ4n) is 0.918. The van der Waals surface area contributed by atoms with E-state index >= 15 is 0 Å². The van der Waals surface area contributed by atoms with Gasteiger partial charge in [0.2, 0.25) is 0 Å². The zero-order valence-corrected chi connectivity index (χ0v) is 7.03. The van der Waals surface area contributed by atoms with Gasteiger partial charge in [0, 0.05) is 0 Å². The van der Waals surface area contributed by atoms with Crippen LogP contribution in [-0.2, 0) is 0 Å². The summed E-state index contributed by atoms with van der Waals surface area (Å²) in [5.74, 6) is -0.168. The smallest absolute Gasteiger partial charge is 0.268 e. The number of amides is 1. The standard InChI is InChI=1S/C7H6N6O/c8-7(14)5-1-9-2-6(12-5)13-3-10-11-4-13/h1-4H,(H2,8,14). The number of hydrogen-bond acceptors (Lipinski definition) is 5. The molecule has 0 radical (unpaired) electrons. The summed E-state index contributed by atoms with van der Waals surface area (Å²) in [4.78, 5) is 18.6. The van der Waals surface area contributed by atoms with E-state index in [1.807, 2.05) is 0 Å². The second-order valence-corrected chi connectivity index (χ2v) is 2.50. The van der Waals surface area contributed by atoms with Crippen molar-refractivity contribution >= 4 is 5.91 Å². The number of hydrogen-bond donors (Lipinski definition) is 1. The van der Waals surface area contributed by atoms with Gasteiger partial charge in [-0.3, -0.25) is 14.3 Å². The number of carbonyl (C=O) groups is 1. The van der Waals surface area contributed by atoms with Crippen molar-refractivity contribution in [3.63, 3.8) is 0 Å². The Labute approximate surface area is 78.6 Å². The van der Waals surface area contributed by atoms with E-state index < -0.39 is 5.91 Å². The summed E-state index contributed by atoms with van der Waals surface area (Å²) >= 11 is 0. The Morgan fingerprint density at radius 2 is 2.00 bits per heavy atom. The van der Waals surface area contributed by atoms with Gasteiger partial charge < -0.3 is 5.73 Å². The van der Waals surface area contributed by atoms with E-state index in [2.05, 4.69) is 20.2 Å². The third-order valence-corrected chi connectivity index (χ3v) is 1.56. The Bertz CT molecular complexity index is 451. The molecule has 2 N–H and O–H groups in total. The van der Waals surface area contributed by atoms with Crippen molar-refractivity contribution in [2.45, 2.75) is 0 Å². The maximum absolute atomic E-state index is 10.8. The summed E-state index contributed by atoms with van der Waals surface area (Å²) in [5, 5.41) is 7.20. The van der Waals surface area contributed by atoms with Crippen LogP contribution in [0.4, 0.5) is 0 Å². The van der Waals surface area contributed by atoms with Gasteiger partial charge in [0.25, 0.3) is 5.91 Å². The van der Waals surface area contributed by atoms with Gasteiger partial charge in [0.05, 0.1) is 12.4 Å². The highest BCUT2D eigenvalue weighted by Gasteiger charge is 2.04. The van der Waals surface area contributed by atoms with E-state index in [9.17, 15) is 4.79 Å². The molecule has 2 rings (SSSR count). The van der Waals surface area contributed by atoms with Crippen molar-refractivity contribution in [2.24, 2.45) is 5.73 Å². The van der Waals surface area contributed by atoms with Gasteiger partial charge in [-0.2, -0.15) is 0 Å². The monoisotopic (exact) mass is 190 g/mol. The number of primary amides is 1. The molecule has 0 aliphatic carbocycles. The Kier molecular flexibility index (Phi) is 1.90. The summed E-state index contributed by atoms with van der Waals surface area (Å²) in [5.41, 5.74) is 5.16. The molecule has 0 saturated carbocycles. The van der Waals surface area contributed by atoms with Crippen molar-refractivity contribution in [1.29, 1.82) is 0 Å². The minimum absolute atomic E-state index is 0.108. The first-order chi connectivity index (χ1) is 6.77. The topological polar surface area (TPSA) is 99.6 Å². The van der Waals surface area contributed by atoms with Crippen molar-refractivity contribution in [1.82, 2.24) is 24.7 Å². The lowest BCUT2D eigenvalue weighted by atomic mass is 10.4. The lowest BCUT2D eigenvalue weighted by Gasteiger charge is -1.99. The van der Waals surface area contributed by atoms with Gasteiger partial charge in [-0.05, 0) is 0 Å². The summed E-state index contributed by atoms with van der Waals surface area (Å²) in [6.07, 6.45) is 5.69. The molecule has 14 heavy (non-hydrogen) atoms. The first-order valence-corrected chi connectivity index (χ1v) is 3.74. The zero-order chi connectivity index (χ0) is 9.97. The van der Waals surface area contributed by atoms with Gasteiger partial charge >= 0.3 is 0 Å². The Morgan fingerprint density at radius 1 is 1.29 bits per heavy atom. The Balaban J connectivity index is 2.46.